The molecule has 3 fully saturated rings. The molecular formula is C14H26N2O2S. The lowest BCUT2D eigenvalue weighted by Crippen LogP contribution is -2.39. The van der Waals surface area contributed by atoms with E-state index in [1.165, 1.54) is 32.1 Å². The third-order valence-electron chi connectivity index (χ3n) is 4.92. The zero-order valence-corrected chi connectivity index (χ0v) is 12.4. The highest BCUT2D eigenvalue weighted by Gasteiger charge is 2.40. The molecule has 0 aromatic heterocycles. The average molecular weight is 286 g/mol. The van der Waals surface area contributed by atoms with Crippen LogP contribution < -0.4 is 10.0 Å². The van der Waals surface area contributed by atoms with Crippen molar-refractivity contribution >= 4 is 10.0 Å². The van der Waals surface area contributed by atoms with E-state index in [1.54, 1.807) is 0 Å². The standard InChI is InChI=1S/C14H26N2O2S/c17-19(18,8-2-1-7-15-13-5-6-13)16-14-10-11-3-4-12(14)9-11/h11-16H,1-10H2. The van der Waals surface area contributed by atoms with Crippen LogP contribution in [0.25, 0.3) is 0 Å². The fraction of sp³-hybridized carbons (Fsp3) is 1.00. The lowest BCUT2D eigenvalue weighted by Gasteiger charge is -2.22. The summed E-state index contributed by atoms with van der Waals surface area (Å²) in [7, 11) is -3.05. The number of hydrogen-bond acceptors (Lipinski definition) is 3. The number of hydrogen-bond donors (Lipinski definition) is 2. The molecule has 0 radical (unpaired) electrons. The Morgan fingerprint density at radius 3 is 2.47 bits per heavy atom. The summed E-state index contributed by atoms with van der Waals surface area (Å²) in [5.41, 5.74) is 0. The fourth-order valence-electron chi connectivity index (χ4n) is 3.69. The van der Waals surface area contributed by atoms with Gasteiger partial charge in [-0.1, -0.05) is 6.42 Å². The summed E-state index contributed by atoms with van der Waals surface area (Å²) < 4.78 is 27.0. The van der Waals surface area contributed by atoms with Gasteiger partial charge in [0, 0.05) is 12.1 Å². The average Bonchev–Trinajstić information content (AvgIpc) is 2.94. The Kier molecular flexibility index (Phi) is 4.15. The molecule has 3 aliphatic carbocycles. The molecule has 3 unspecified atom stereocenters. The van der Waals surface area contributed by atoms with E-state index in [4.69, 9.17) is 0 Å². The number of rotatable bonds is 8. The van der Waals surface area contributed by atoms with Gasteiger partial charge in [0.25, 0.3) is 0 Å². The second-order valence-electron chi connectivity index (χ2n) is 6.65. The van der Waals surface area contributed by atoms with Gasteiger partial charge >= 0.3 is 0 Å². The lowest BCUT2D eigenvalue weighted by molar-refractivity contribution is 0.390. The molecule has 0 aromatic carbocycles. The van der Waals surface area contributed by atoms with E-state index in [0.29, 0.717) is 11.7 Å². The Morgan fingerprint density at radius 1 is 1.00 bits per heavy atom. The highest BCUT2D eigenvalue weighted by atomic mass is 32.2. The van der Waals surface area contributed by atoms with Crippen molar-refractivity contribution in [3.63, 3.8) is 0 Å². The highest BCUT2D eigenvalue weighted by Crippen LogP contribution is 2.44. The van der Waals surface area contributed by atoms with Crippen molar-refractivity contribution in [2.75, 3.05) is 12.3 Å². The second kappa shape index (κ2) is 5.70. The van der Waals surface area contributed by atoms with Crippen molar-refractivity contribution in [1.29, 1.82) is 0 Å². The van der Waals surface area contributed by atoms with Crippen LogP contribution in [0.5, 0.6) is 0 Å². The van der Waals surface area contributed by atoms with Gasteiger partial charge < -0.3 is 5.32 Å². The molecule has 3 rings (SSSR count). The zero-order valence-electron chi connectivity index (χ0n) is 11.6. The first-order valence-corrected chi connectivity index (χ1v) is 9.51. The van der Waals surface area contributed by atoms with Gasteiger partial charge in [-0.05, 0) is 63.3 Å². The Labute approximate surface area is 116 Å². The molecule has 3 aliphatic rings. The maximum Gasteiger partial charge on any atom is 0.211 e. The SMILES string of the molecule is O=S(=O)(CCCCNC1CC1)NC1CC2CCC1C2. The number of sulfonamides is 1. The van der Waals surface area contributed by atoms with Gasteiger partial charge in [-0.3, -0.25) is 0 Å². The predicted octanol–water partition coefficient (Wildman–Crippen LogP) is 1.63. The monoisotopic (exact) mass is 286 g/mol. The van der Waals surface area contributed by atoms with Gasteiger partial charge in [-0.25, -0.2) is 13.1 Å². The van der Waals surface area contributed by atoms with Crippen LogP contribution in [-0.4, -0.2) is 32.8 Å². The molecule has 19 heavy (non-hydrogen) atoms. The smallest absolute Gasteiger partial charge is 0.211 e. The van der Waals surface area contributed by atoms with E-state index in [0.717, 1.165) is 37.8 Å². The third-order valence-corrected chi connectivity index (χ3v) is 6.41. The maximum atomic E-state index is 12.0. The van der Waals surface area contributed by atoms with Gasteiger partial charge in [0.1, 0.15) is 0 Å². The number of unbranched alkanes of at least 4 members (excludes halogenated alkanes) is 1. The minimum atomic E-state index is -3.05. The van der Waals surface area contributed by atoms with Crippen molar-refractivity contribution in [3.05, 3.63) is 0 Å². The molecule has 2 N–H and O–H groups in total. The van der Waals surface area contributed by atoms with E-state index in [9.17, 15) is 8.42 Å². The van der Waals surface area contributed by atoms with Gasteiger partial charge in [-0.15, -0.1) is 0 Å². The number of nitrogens with one attached hydrogen (secondary N) is 2. The molecule has 0 heterocycles. The second-order valence-corrected chi connectivity index (χ2v) is 8.53. The largest absolute Gasteiger partial charge is 0.314 e. The summed E-state index contributed by atoms with van der Waals surface area (Å²) in [6, 6.07) is 0.970. The molecule has 0 spiro atoms. The Morgan fingerprint density at radius 2 is 1.84 bits per heavy atom. The highest BCUT2D eigenvalue weighted by molar-refractivity contribution is 7.89. The van der Waals surface area contributed by atoms with E-state index in [-0.39, 0.29) is 6.04 Å². The summed E-state index contributed by atoms with van der Waals surface area (Å²) in [4.78, 5) is 0. The summed E-state index contributed by atoms with van der Waals surface area (Å²) in [5, 5.41) is 3.42. The van der Waals surface area contributed by atoms with E-state index in [1.807, 2.05) is 0 Å². The van der Waals surface area contributed by atoms with Crippen LogP contribution in [0.4, 0.5) is 0 Å². The molecule has 5 heteroatoms. The normalized spacial score (nSPS) is 34.0. The van der Waals surface area contributed by atoms with E-state index < -0.39 is 10.0 Å². The van der Waals surface area contributed by atoms with Crippen molar-refractivity contribution < 1.29 is 8.42 Å². The molecule has 3 atom stereocenters. The van der Waals surface area contributed by atoms with Crippen LogP contribution in [-0.2, 0) is 10.0 Å². The summed E-state index contributed by atoms with van der Waals surface area (Å²) in [6.07, 6.45) is 9.20. The van der Waals surface area contributed by atoms with Crippen LogP contribution in [0.2, 0.25) is 0 Å². The maximum absolute atomic E-state index is 12.0. The van der Waals surface area contributed by atoms with Crippen LogP contribution in [0.15, 0.2) is 0 Å². The molecule has 4 nitrogen and oxygen atoms in total. The first-order chi connectivity index (χ1) is 9.12. The van der Waals surface area contributed by atoms with Crippen LogP contribution >= 0.6 is 0 Å². The molecule has 110 valence electrons. The van der Waals surface area contributed by atoms with E-state index in [2.05, 4.69) is 10.0 Å². The van der Waals surface area contributed by atoms with Crippen LogP contribution in [0.3, 0.4) is 0 Å². The van der Waals surface area contributed by atoms with Gasteiger partial charge in [0.15, 0.2) is 0 Å². The third kappa shape index (κ3) is 3.92. The predicted molar refractivity (Wildman–Crippen MR) is 76.4 cm³/mol. The van der Waals surface area contributed by atoms with Gasteiger partial charge in [0.05, 0.1) is 5.75 Å². The Hall–Kier alpha value is -0.130. The molecule has 0 amide bonds. The summed E-state index contributed by atoms with van der Waals surface area (Å²) >= 11 is 0. The zero-order chi connectivity index (χ0) is 13.3. The van der Waals surface area contributed by atoms with Crippen molar-refractivity contribution in [1.82, 2.24) is 10.0 Å². The van der Waals surface area contributed by atoms with Crippen molar-refractivity contribution in [2.24, 2.45) is 11.8 Å². The molecule has 0 aromatic rings. The summed E-state index contributed by atoms with van der Waals surface area (Å²) in [6.45, 7) is 0.967. The molecular weight excluding hydrogens is 260 g/mol. The molecule has 3 saturated carbocycles. The fourth-order valence-corrected chi connectivity index (χ4v) is 5.14. The number of fused-ring (bicyclic) bond motifs is 2. The van der Waals surface area contributed by atoms with Crippen LogP contribution in [0.1, 0.15) is 51.4 Å². The van der Waals surface area contributed by atoms with Gasteiger partial charge in [-0.2, -0.15) is 0 Å². The Balaban J connectivity index is 1.34. The topological polar surface area (TPSA) is 58.2 Å². The first kappa shape index (κ1) is 13.8. The first-order valence-electron chi connectivity index (χ1n) is 7.86. The quantitative estimate of drug-likeness (QED) is 0.667. The van der Waals surface area contributed by atoms with E-state index >= 15 is 0 Å². The summed E-state index contributed by atoms with van der Waals surface area (Å²) in [5.74, 6) is 1.71. The van der Waals surface area contributed by atoms with Gasteiger partial charge in [0.2, 0.25) is 10.0 Å². The lowest BCUT2D eigenvalue weighted by atomic mass is 9.96. The minimum Gasteiger partial charge on any atom is -0.314 e. The Bertz CT molecular complexity index is 406. The molecule has 0 aliphatic heterocycles. The molecule has 0 saturated heterocycles. The van der Waals surface area contributed by atoms with Crippen LogP contribution in [0, 0.1) is 11.8 Å². The van der Waals surface area contributed by atoms with Crippen molar-refractivity contribution in [3.8, 4) is 0 Å². The molecule has 2 bridgehead atoms. The minimum absolute atomic E-state index is 0.244. The van der Waals surface area contributed by atoms with Crippen molar-refractivity contribution in [2.45, 2.75) is 63.5 Å².